The summed E-state index contributed by atoms with van der Waals surface area (Å²) >= 11 is 0. The number of pyridine rings is 1. The molecule has 0 aliphatic heterocycles. The van der Waals surface area contributed by atoms with E-state index in [1.165, 1.54) is 12.1 Å². The van der Waals surface area contributed by atoms with Crippen LogP contribution in [0.5, 0.6) is 0 Å². The summed E-state index contributed by atoms with van der Waals surface area (Å²) in [6, 6.07) is 8.36. The van der Waals surface area contributed by atoms with Crippen LogP contribution in [0.2, 0.25) is 0 Å². The first kappa shape index (κ1) is 22.8. The van der Waals surface area contributed by atoms with Crippen LogP contribution in [0.25, 0.3) is 22.6 Å². The molecule has 0 radical (unpaired) electrons. The van der Waals surface area contributed by atoms with Gasteiger partial charge in [-0.2, -0.15) is 13.2 Å². The molecule has 166 valence electrons. The Balaban J connectivity index is 1.96. The van der Waals surface area contributed by atoms with Crippen molar-refractivity contribution in [2.24, 2.45) is 0 Å². The van der Waals surface area contributed by atoms with E-state index >= 15 is 0 Å². The Labute approximate surface area is 179 Å². The number of unbranched alkanes of at least 4 members (excludes halogenated alkanes) is 2. The molecule has 0 N–H and O–H groups in total. The Bertz CT molecular complexity index is 1000. The minimum absolute atomic E-state index is 0.0390. The molecular formula is C23H27F3N4O. The minimum Gasteiger partial charge on any atom is -0.341 e. The second-order valence-electron chi connectivity index (χ2n) is 7.53. The molecule has 0 atom stereocenters. The number of halogens is 3. The number of hydrogen-bond acceptors (Lipinski definition) is 3. The lowest BCUT2D eigenvalue weighted by Gasteiger charge is -2.23. The van der Waals surface area contributed by atoms with Crippen molar-refractivity contribution in [1.82, 2.24) is 19.4 Å². The number of carbonyl (C=O) groups excluding carboxylic acids is 1. The smallest absolute Gasteiger partial charge is 0.341 e. The molecule has 0 fully saturated rings. The lowest BCUT2D eigenvalue weighted by Crippen LogP contribution is -2.35. The molecule has 0 saturated carbocycles. The molecule has 1 aromatic carbocycles. The van der Waals surface area contributed by atoms with Crippen LogP contribution in [-0.4, -0.2) is 38.4 Å². The molecule has 5 nitrogen and oxygen atoms in total. The molecule has 0 unspecified atom stereocenters. The summed E-state index contributed by atoms with van der Waals surface area (Å²) in [5, 5.41) is 0. The molecule has 3 rings (SSSR count). The summed E-state index contributed by atoms with van der Waals surface area (Å²) in [4.78, 5) is 23.9. The molecule has 1 amide bonds. The van der Waals surface area contributed by atoms with Gasteiger partial charge < -0.3 is 4.90 Å². The Kier molecular flexibility index (Phi) is 7.30. The number of benzene rings is 1. The van der Waals surface area contributed by atoms with Gasteiger partial charge in [0.2, 0.25) is 5.91 Å². The van der Waals surface area contributed by atoms with Crippen molar-refractivity contribution in [2.75, 3.05) is 13.1 Å². The highest BCUT2D eigenvalue weighted by Crippen LogP contribution is 2.31. The Morgan fingerprint density at radius 3 is 2.26 bits per heavy atom. The van der Waals surface area contributed by atoms with E-state index in [9.17, 15) is 18.0 Å². The van der Waals surface area contributed by atoms with E-state index in [0.29, 0.717) is 35.6 Å². The number of nitrogens with zero attached hydrogens (tertiary/aromatic N) is 4. The molecule has 0 aliphatic carbocycles. The van der Waals surface area contributed by atoms with Gasteiger partial charge in [-0.25, -0.2) is 9.97 Å². The van der Waals surface area contributed by atoms with Crippen LogP contribution >= 0.6 is 0 Å². The summed E-state index contributed by atoms with van der Waals surface area (Å²) < 4.78 is 40.6. The van der Waals surface area contributed by atoms with Gasteiger partial charge in [0, 0.05) is 24.8 Å². The second kappa shape index (κ2) is 9.94. The van der Waals surface area contributed by atoms with E-state index in [4.69, 9.17) is 0 Å². The standard InChI is InChI=1S/C23H27F3N4O/c1-3-5-14-29(15-6-4-2)20(31)16-30-21(28-19-8-7-13-27-22(19)30)17-9-11-18(12-10-17)23(24,25)26/h7-13H,3-6,14-16H2,1-2H3. The maximum Gasteiger partial charge on any atom is 0.416 e. The van der Waals surface area contributed by atoms with E-state index in [0.717, 1.165) is 37.8 Å². The van der Waals surface area contributed by atoms with Crippen LogP contribution in [0.1, 0.15) is 45.1 Å². The quantitative estimate of drug-likeness (QED) is 0.446. The molecule has 31 heavy (non-hydrogen) atoms. The van der Waals surface area contributed by atoms with Gasteiger partial charge in [0.05, 0.1) is 5.56 Å². The van der Waals surface area contributed by atoms with Crippen LogP contribution in [-0.2, 0) is 17.5 Å². The summed E-state index contributed by atoms with van der Waals surface area (Å²) in [5.41, 5.74) is 0.918. The number of carbonyl (C=O) groups is 1. The Morgan fingerprint density at radius 1 is 1.03 bits per heavy atom. The molecule has 0 saturated heterocycles. The van der Waals surface area contributed by atoms with E-state index in [1.807, 2.05) is 4.90 Å². The Hall–Kier alpha value is -2.90. The summed E-state index contributed by atoms with van der Waals surface area (Å²) in [6.07, 6.45) is 1.03. The van der Waals surface area contributed by atoms with Gasteiger partial charge in [-0.05, 0) is 37.1 Å². The molecule has 8 heteroatoms. The summed E-state index contributed by atoms with van der Waals surface area (Å²) in [5.74, 6) is 0.390. The third-order valence-corrected chi connectivity index (χ3v) is 5.18. The van der Waals surface area contributed by atoms with E-state index < -0.39 is 11.7 Å². The number of aromatic nitrogens is 3. The molecule has 0 aliphatic rings. The minimum atomic E-state index is -4.41. The van der Waals surface area contributed by atoms with Gasteiger partial charge in [0.15, 0.2) is 5.65 Å². The number of fused-ring (bicyclic) bond motifs is 1. The lowest BCUT2D eigenvalue weighted by molar-refractivity contribution is -0.137. The zero-order chi connectivity index (χ0) is 22.4. The first-order chi connectivity index (χ1) is 14.8. The van der Waals surface area contributed by atoms with Crippen LogP contribution in [0.3, 0.4) is 0 Å². The number of alkyl halides is 3. The topological polar surface area (TPSA) is 51.0 Å². The van der Waals surface area contributed by atoms with Gasteiger partial charge >= 0.3 is 6.18 Å². The molecule has 3 aromatic rings. The largest absolute Gasteiger partial charge is 0.416 e. The van der Waals surface area contributed by atoms with Gasteiger partial charge in [-0.15, -0.1) is 0 Å². The molecule has 0 bridgehead atoms. The van der Waals surface area contributed by atoms with Crippen molar-refractivity contribution in [1.29, 1.82) is 0 Å². The van der Waals surface area contributed by atoms with Crippen LogP contribution in [0.4, 0.5) is 13.2 Å². The summed E-state index contributed by atoms with van der Waals surface area (Å²) in [6.45, 7) is 5.57. The van der Waals surface area contributed by atoms with Crippen molar-refractivity contribution >= 4 is 17.1 Å². The van der Waals surface area contributed by atoms with Crippen molar-refractivity contribution in [3.05, 3.63) is 48.2 Å². The van der Waals surface area contributed by atoms with Gasteiger partial charge in [-0.1, -0.05) is 38.8 Å². The number of hydrogen-bond donors (Lipinski definition) is 0. The third kappa shape index (κ3) is 5.42. The SMILES string of the molecule is CCCCN(CCCC)C(=O)Cn1c(-c2ccc(C(F)(F)F)cc2)nc2cccnc21. The van der Waals surface area contributed by atoms with Crippen LogP contribution in [0, 0.1) is 0 Å². The third-order valence-electron chi connectivity index (χ3n) is 5.18. The van der Waals surface area contributed by atoms with E-state index in [1.54, 1.807) is 22.9 Å². The first-order valence-corrected chi connectivity index (χ1v) is 10.6. The maximum absolute atomic E-state index is 13.1. The molecular weight excluding hydrogens is 405 g/mol. The average Bonchev–Trinajstić information content (AvgIpc) is 3.11. The zero-order valence-electron chi connectivity index (χ0n) is 17.8. The fraction of sp³-hybridized carbons (Fsp3) is 0.435. The summed E-state index contributed by atoms with van der Waals surface area (Å²) in [7, 11) is 0. The fourth-order valence-corrected chi connectivity index (χ4v) is 3.43. The molecule has 2 heterocycles. The predicted molar refractivity (Wildman–Crippen MR) is 114 cm³/mol. The van der Waals surface area contributed by atoms with Gasteiger partial charge in [-0.3, -0.25) is 9.36 Å². The zero-order valence-corrected chi connectivity index (χ0v) is 17.8. The number of amides is 1. The van der Waals surface area contributed by atoms with Gasteiger partial charge in [0.25, 0.3) is 0 Å². The van der Waals surface area contributed by atoms with Crippen molar-refractivity contribution in [3.63, 3.8) is 0 Å². The van der Waals surface area contributed by atoms with E-state index in [2.05, 4.69) is 23.8 Å². The lowest BCUT2D eigenvalue weighted by atomic mass is 10.1. The Morgan fingerprint density at radius 2 is 1.68 bits per heavy atom. The van der Waals surface area contributed by atoms with Crippen molar-refractivity contribution in [2.45, 2.75) is 52.3 Å². The number of imidazole rings is 1. The van der Waals surface area contributed by atoms with E-state index in [-0.39, 0.29) is 12.5 Å². The predicted octanol–water partition coefficient (Wildman–Crippen LogP) is 5.55. The highest BCUT2D eigenvalue weighted by molar-refractivity contribution is 5.82. The second-order valence-corrected chi connectivity index (χ2v) is 7.53. The first-order valence-electron chi connectivity index (χ1n) is 10.6. The highest BCUT2D eigenvalue weighted by atomic mass is 19.4. The van der Waals surface area contributed by atoms with Crippen LogP contribution in [0.15, 0.2) is 42.6 Å². The maximum atomic E-state index is 13.1. The molecule has 0 spiro atoms. The van der Waals surface area contributed by atoms with Crippen molar-refractivity contribution < 1.29 is 18.0 Å². The van der Waals surface area contributed by atoms with Gasteiger partial charge in [0.1, 0.15) is 17.9 Å². The molecule has 2 aromatic heterocycles. The average molecular weight is 432 g/mol. The fourth-order valence-electron chi connectivity index (χ4n) is 3.43. The van der Waals surface area contributed by atoms with Crippen LogP contribution < -0.4 is 0 Å². The normalized spacial score (nSPS) is 11.8. The monoisotopic (exact) mass is 432 g/mol. The van der Waals surface area contributed by atoms with Crippen molar-refractivity contribution in [3.8, 4) is 11.4 Å². The highest BCUT2D eigenvalue weighted by Gasteiger charge is 2.30. The number of rotatable bonds is 9.